The Morgan fingerprint density at radius 1 is 1.13 bits per heavy atom. The first kappa shape index (κ1) is 24.0. The molecule has 0 aliphatic heterocycles. The number of hydrogen-bond acceptors (Lipinski definition) is 3. The van der Waals surface area contributed by atoms with Crippen LogP contribution in [0.1, 0.15) is 92.9 Å². The van der Waals surface area contributed by atoms with Crippen molar-refractivity contribution < 1.29 is 14.6 Å². The number of rotatable bonds is 3. The zero-order valence-corrected chi connectivity index (χ0v) is 22.4. The summed E-state index contributed by atoms with van der Waals surface area (Å²) in [5, 5.41) is 23.1. The number of aliphatic hydroxyl groups excluding tert-OH is 1. The van der Waals surface area contributed by atoms with Crippen molar-refractivity contribution in [1.82, 2.24) is 0 Å². The maximum absolute atomic E-state index is 12.0. The molecule has 0 bridgehead atoms. The molecule has 0 aromatic carbocycles. The summed E-state index contributed by atoms with van der Waals surface area (Å²) < 4.78 is 7.13. The van der Waals surface area contributed by atoms with Crippen molar-refractivity contribution in [3.05, 3.63) is 11.6 Å². The van der Waals surface area contributed by atoms with Crippen LogP contribution in [0, 0.1) is 28.6 Å². The Hall–Kier alpha value is -0.163. The van der Waals surface area contributed by atoms with Crippen LogP contribution >= 0.6 is 0 Å². The molecule has 3 fully saturated rings. The van der Waals surface area contributed by atoms with Crippen molar-refractivity contribution in [2.24, 2.45) is 28.6 Å². The molecule has 2 unspecified atom stereocenters. The SMILES string of the molecule is CCC1(O)C=C2C[C@@H](O)CC(O[Si](C)(C)C(C)(C)C)[C@]2(C)[C@H]2CC[C@]3(C)CCC[C@H]3[C@@H]21. The van der Waals surface area contributed by atoms with Gasteiger partial charge in [-0.05, 0) is 86.2 Å². The topological polar surface area (TPSA) is 49.7 Å². The lowest BCUT2D eigenvalue weighted by atomic mass is 9.44. The van der Waals surface area contributed by atoms with E-state index < -0.39 is 13.9 Å². The van der Waals surface area contributed by atoms with Crippen molar-refractivity contribution in [3.8, 4) is 0 Å². The molecule has 0 heterocycles. The molecular weight excluding hydrogens is 400 g/mol. The highest BCUT2D eigenvalue weighted by atomic mass is 28.4. The van der Waals surface area contributed by atoms with Gasteiger partial charge in [-0.2, -0.15) is 0 Å². The van der Waals surface area contributed by atoms with Crippen LogP contribution in [0.2, 0.25) is 18.1 Å². The van der Waals surface area contributed by atoms with Crippen LogP contribution in [0.15, 0.2) is 11.6 Å². The first-order valence-corrected chi connectivity index (χ1v) is 15.9. The molecule has 178 valence electrons. The molecular formula is C27H48O3Si. The number of hydrogen-bond donors (Lipinski definition) is 2. The molecule has 4 heteroatoms. The van der Waals surface area contributed by atoms with Crippen LogP contribution < -0.4 is 0 Å². The standard InChI is InChI=1S/C27H48O3Si/c1-9-27(29)17-18-15-19(28)16-22(30-31(7,8)24(2,3)4)26(18,6)21-12-14-25(5)13-10-11-20(25)23(21)27/h17,19-23,28-29H,9-16H2,1-8H3/t19-,20+,21+,22?,23+,25+,26+,27?/m1/s1. The predicted molar refractivity (Wildman–Crippen MR) is 130 cm³/mol. The summed E-state index contributed by atoms with van der Waals surface area (Å²) in [6.45, 7) is 18.7. The van der Waals surface area contributed by atoms with Gasteiger partial charge in [0.15, 0.2) is 8.32 Å². The second-order valence-corrected chi connectivity index (χ2v) is 18.3. The zero-order chi connectivity index (χ0) is 23.0. The first-order valence-electron chi connectivity index (χ1n) is 13.0. The van der Waals surface area contributed by atoms with Gasteiger partial charge in [-0.15, -0.1) is 0 Å². The van der Waals surface area contributed by atoms with Crippen molar-refractivity contribution in [2.45, 2.75) is 129 Å². The van der Waals surface area contributed by atoms with E-state index in [9.17, 15) is 10.2 Å². The van der Waals surface area contributed by atoms with Crippen LogP contribution in [-0.4, -0.2) is 36.3 Å². The molecule has 2 N–H and O–H groups in total. The van der Waals surface area contributed by atoms with Crippen LogP contribution in [0.25, 0.3) is 0 Å². The highest BCUT2D eigenvalue weighted by Crippen LogP contribution is 2.67. The van der Waals surface area contributed by atoms with E-state index >= 15 is 0 Å². The van der Waals surface area contributed by atoms with Gasteiger partial charge in [0, 0.05) is 5.41 Å². The van der Waals surface area contributed by atoms with Gasteiger partial charge in [0.05, 0.1) is 17.8 Å². The summed E-state index contributed by atoms with van der Waals surface area (Å²) in [5.74, 6) is 1.36. The Morgan fingerprint density at radius 3 is 2.42 bits per heavy atom. The van der Waals surface area contributed by atoms with E-state index in [0.717, 1.165) is 12.8 Å². The van der Waals surface area contributed by atoms with E-state index in [1.165, 1.54) is 37.7 Å². The minimum absolute atomic E-state index is 0.0445. The summed E-state index contributed by atoms with van der Waals surface area (Å²) in [4.78, 5) is 0. The molecule has 4 rings (SSSR count). The fraction of sp³-hybridized carbons (Fsp3) is 0.926. The predicted octanol–water partition coefficient (Wildman–Crippen LogP) is 6.45. The minimum atomic E-state index is -1.99. The lowest BCUT2D eigenvalue weighted by Gasteiger charge is -2.64. The van der Waals surface area contributed by atoms with Gasteiger partial charge in [0.2, 0.25) is 0 Å². The molecule has 0 aromatic rings. The lowest BCUT2D eigenvalue weighted by molar-refractivity contribution is -0.156. The third kappa shape index (κ3) is 3.54. The Bertz CT molecular complexity index is 739. The molecule has 0 radical (unpaired) electrons. The number of fused-ring (bicyclic) bond motifs is 5. The second kappa shape index (κ2) is 7.42. The molecule has 8 atom stereocenters. The molecule has 0 amide bonds. The summed E-state index contributed by atoms with van der Waals surface area (Å²) in [6, 6.07) is 0. The molecule has 0 spiro atoms. The quantitative estimate of drug-likeness (QED) is 0.385. The first-order chi connectivity index (χ1) is 14.2. The van der Waals surface area contributed by atoms with E-state index in [2.05, 4.69) is 60.7 Å². The summed E-state index contributed by atoms with van der Waals surface area (Å²) in [5.41, 5.74) is 0.845. The van der Waals surface area contributed by atoms with Gasteiger partial charge in [-0.25, -0.2) is 0 Å². The van der Waals surface area contributed by atoms with E-state index in [1.54, 1.807) is 0 Å². The lowest BCUT2D eigenvalue weighted by Crippen LogP contribution is -2.63. The molecule has 4 aliphatic carbocycles. The van der Waals surface area contributed by atoms with Gasteiger partial charge in [0.25, 0.3) is 0 Å². The molecule has 3 saturated carbocycles. The maximum atomic E-state index is 12.0. The van der Waals surface area contributed by atoms with Crippen molar-refractivity contribution in [3.63, 3.8) is 0 Å². The Labute approximate surface area is 192 Å². The van der Waals surface area contributed by atoms with Crippen molar-refractivity contribution >= 4 is 8.32 Å². The second-order valence-electron chi connectivity index (χ2n) is 13.6. The molecule has 4 aliphatic rings. The van der Waals surface area contributed by atoms with Crippen molar-refractivity contribution in [1.29, 1.82) is 0 Å². The van der Waals surface area contributed by atoms with Crippen LogP contribution in [0.4, 0.5) is 0 Å². The van der Waals surface area contributed by atoms with Crippen LogP contribution in [-0.2, 0) is 4.43 Å². The average molecular weight is 449 g/mol. The van der Waals surface area contributed by atoms with Crippen LogP contribution in [0.3, 0.4) is 0 Å². The third-order valence-corrected chi connectivity index (χ3v) is 15.4. The van der Waals surface area contributed by atoms with Gasteiger partial charge < -0.3 is 14.6 Å². The third-order valence-electron chi connectivity index (χ3n) is 10.9. The number of aliphatic hydroxyl groups is 2. The van der Waals surface area contributed by atoms with Gasteiger partial charge in [-0.3, -0.25) is 0 Å². The molecule has 0 saturated heterocycles. The zero-order valence-electron chi connectivity index (χ0n) is 21.4. The van der Waals surface area contributed by atoms with Gasteiger partial charge >= 0.3 is 0 Å². The smallest absolute Gasteiger partial charge is 0.192 e. The summed E-state index contributed by atoms with van der Waals surface area (Å²) in [7, 11) is -1.99. The fourth-order valence-electron chi connectivity index (χ4n) is 7.88. The summed E-state index contributed by atoms with van der Waals surface area (Å²) in [6.07, 6.45) is 10.4. The summed E-state index contributed by atoms with van der Waals surface area (Å²) >= 11 is 0. The minimum Gasteiger partial charge on any atom is -0.413 e. The molecule has 3 nitrogen and oxygen atoms in total. The average Bonchev–Trinajstić information content (AvgIpc) is 3.04. The van der Waals surface area contributed by atoms with E-state index in [-0.39, 0.29) is 22.7 Å². The fourth-order valence-corrected chi connectivity index (χ4v) is 9.29. The molecule has 31 heavy (non-hydrogen) atoms. The van der Waals surface area contributed by atoms with E-state index in [1.807, 2.05) is 0 Å². The Balaban J connectivity index is 1.81. The van der Waals surface area contributed by atoms with E-state index in [4.69, 9.17) is 4.43 Å². The highest BCUT2D eigenvalue weighted by molar-refractivity contribution is 6.74. The monoisotopic (exact) mass is 448 g/mol. The Morgan fingerprint density at radius 2 is 1.81 bits per heavy atom. The van der Waals surface area contributed by atoms with Gasteiger partial charge in [0.1, 0.15) is 0 Å². The van der Waals surface area contributed by atoms with Crippen molar-refractivity contribution in [2.75, 3.05) is 0 Å². The highest BCUT2D eigenvalue weighted by Gasteiger charge is 2.64. The Kier molecular flexibility index (Phi) is 5.74. The normalized spacial score (nSPS) is 47.9. The molecule has 0 aromatic heterocycles. The largest absolute Gasteiger partial charge is 0.413 e. The van der Waals surface area contributed by atoms with E-state index in [0.29, 0.717) is 29.6 Å². The van der Waals surface area contributed by atoms with Crippen LogP contribution in [0.5, 0.6) is 0 Å². The maximum Gasteiger partial charge on any atom is 0.192 e. The van der Waals surface area contributed by atoms with Gasteiger partial charge in [-0.1, -0.05) is 59.6 Å².